The average molecular weight is 291 g/mol. The molecule has 1 saturated carbocycles. The molecule has 6 heteroatoms. The molecule has 1 aliphatic carbocycles. The van der Waals surface area contributed by atoms with Crippen LogP contribution in [0.25, 0.3) is 0 Å². The monoisotopic (exact) mass is 291 g/mol. The Morgan fingerprint density at radius 1 is 1.48 bits per heavy atom. The molecule has 4 N–H and O–H groups in total. The molecule has 0 saturated heterocycles. The molecular weight excluding hydrogens is 270 g/mol. The summed E-state index contributed by atoms with van der Waals surface area (Å²) in [4.78, 5) is 11.7. The molecule has 114 valence electrons. The molecule has 1 atom stereocenters. The first-order valence-electron chi connectivity index (χ1n) is 7.07. The molecule has 6 nitrogen and oxygen atoms in total. The van der Waals surface area contributed by atoms with E-state index in [1.54, 1.807) is 24.3 Å². The molecule has 0 spiro atoms. The maximum atomic E-state index is 11.7. The van der Waals surface area contributed by atoms with Crippen LogP contribution in [0.1, 0.15) is 25.3 Å². The molecule has 0 heterocycles. The van der Waals surface area contributed by atoms with E-state index < -0.39 is 0 Å². The second kappa shape index (κ2) is 6.97. The molecule has 1 fully saturated rings. The van der Waals surface area contributed by atoms with Gasteiger partial charge in [0, 0.05) is 12.1 Å². The van der Waals surface area contributed by atoms with Crippen LogP contribution in [0.5, 0.6) is 5.75 Å². The Bertz CT molecular complexity index is 509. The molecule has 2 rings (SSSR count). The zero-order chi connectivity index (χ0) is 15.2. The standard InChI is InChI=1S/C15H21N3O3/c1-10(11-2-3-11)8-17-14(19)9-21-13-6-4-12(5-7-13)15(16)18-20/h4-7,10-11,20H,2-3,8-9H2,1H3,(H2,16,18)(H,17,19). The number of hydrogen-bond donors (Lipinski definition) is 3. The number of carbonyl (C=O) groups excluding carboxylic acids is 1. The summed E-state index contributed by atoms with van der Waals surface area (Å²) in [6, 6.07) is 6.68. The number of nitrogens with one attached hydrogen (secondary N) is 1. The van der Waals surface area contributed by atoms with E-state index in [2.05, 4.69) is 17.4 Å². The average Bonchev–Trinajstić information content (AvgIpc) is 3.35. The minimum Gasteiger partial charge on any atom is -0.484 e. The first-order chi connectivity index (χ1) is 10.1. The van der Waals surface area contributed by atoms with Crippen molar-refractivity contribution >= 4 is 11.7 Å². The van der Waals surface area contributed by atoms with Crippen LogP contribution in [0.4, 0.5) is 0 Å². The van der Waals surface area contributed by atoms with Gasteiger partial charge in [-0.25, -0.2) is 0 Å². The molecular formula is C15H21N3O3. The SMILES string of the molecule is CC(CNC(=O)COc1ccc(/C(N)=N/O)cc1)C1CC1. The highest BCUT2D eigenvalue weighted by molar-refractivity contribution is 5.97. The van der Waals surface area contributed by atoms with Gasteiger partial charge in [0.1, 0.15) is 5.75 Å². The molecule has 1 aliphatic rings. The van der Waals surface area contributed by atoms with Gasteiger partial charge >= 0.3 is 0 Å². The van der Waals surface area contributed by atoms with Crippen molar-refractivity contribution in [1.82, 2.24) is 5.32 Å². The number of hydrogen-bond acceptors (Lipinski definition) is 4. The van der Waals surface area contributed by atoms with Crippen molar-refractivity contribution in [2.45, 2.75) is 19.8 Å². The van der Waals surface area contributed by atoms with Crippen LogP contribution in [0.15, 0.2) is 29.4 Å². The molecule has 1 aromatic carbocycles. The smallest absolute Gasteiger partial charge is 0.257 e. The van der Waals surface area contributed by atoms with Crippen LogP contribution in [0, 0.1) is 11.8 Å². The summed E-state index contributed by atoms with van der Waals surface area (Å²) in [6.07, 6.45) is 2.56. The number of ether oxygens (including phenoxy) is 1. The molecule has 1 aromatic rings. The Balaban J connectivity index is 1.73. The Kier molecular flexibility index (Phi) is 5.03. The van der Waals surface area contributed by atoms with Gasteiger partial charge in [0.2, 0.25) is 0 Å². The van der Waals surface area contributed by atoms with E-state index in [4.69, 9.17) is 15.7 Å². The summed E-state index contributed by atoms with van der Waals surface area (Å²) < 4.78 is 5.39. The maximum Gasteiger partial charge on any atom is 0.257 e. The van der Waals surface area contributed by atoms with Crippen molar-refractivity contribution in [3.63, 3.8) is 0 Å². The van der Waals surface area contributed by atoms with Crippen molar-refractivity contribution in [2.24, 2.45) is 22.7 Å². The minimum absolute atomic E-state index is 0.0136. The Labute approximate surface area is 124 Å². The van der Waals surface area contributed by atoms with Crippen molar-refractivity contribution in [3.8, 4) is 5.75 Å². The lowest BCUT2D eigenvalue weighted by atomic mass is 10.1. The topological polar surface area (TPSA) is 96.9 Å². The second-order valence-corrected chi connectivity index (χ2v) is 5.42. The number of benzene rings is 1. The zero-order valence-corrected chi connectivity index (χ0v) is 12.1. The van der Waals surface area contributed by atoms with E-state index in [1.807, 2.05) is 0 Å². The largest absolute Gasteiger partial charge is 0.484 e. The number of rotatable bonds is 7. The van der Waals surface area contributed by atoms with Gasteiger partial charge in [-0.2, -0.15) is 0 Å². The van der Waals surface area contributed by atoms with Gasteiger partial charge in [-0.05, 0) is 48.9 Å². The third kappa shape index (κ3) is 4.66. The van der Waals surface area contributed by atoms with E-state index in [0.717, 1.165) is 5.92 Å². The zero-order valence-electron chi connectivity index (χ0n) is 12.1. The van der Waals surface area contributed by atoms with Crippen LogP contribution in [-0.4, -0.2) is 30.1 Å². The van der Waals surface area contributed by atoms with Crippen LogP contribution >= 0.6 is 0 Å². The Hall–Kier alpha value is -2.24. The quantitative estimate of drug-likeness (QED) is 0.305. The third-order valence-corrected chi connectivity index (χ3v) is 3.68. The molecule has 0 radical (unpaired) electrons. The van der Waals surface area contributed by atoms with Gasteiger partial charge in [-0.3, -0.25) is 4.79 Å². The summed E-state index contributed by atoms with van der Waals surface area (Å²) in [7, 11) is 0. The lowest BCUT2D eigenvalue weighted by Gasteiger charge is -2.12. The number of nitrogens with zero attached hydrogens (tertiary/aromatic N) is 1. The third-order valence-electron chi connectivity index (χ3n) is 3.68. The maximum absolute atomic E-state index is 11.7. The molecule has 21 heavy (non-hydrogen) atoms. The van der Waals surface area contributed by atoms with Crippen LogP contribution in [0.2, 0.25) is 0 Å². The van der Waals surface area contributed by atoms with Crippen LogP contribution in [-0.2, 0) is 4.79 Å². The number of oxime groups is 1. The summed E-state index contributed by atoms with van der Waals surface area (Å²) in [5.74, 6) is 1.79. The second-order valence-electron chi connectivity index (χ2n) is 5.42. The first-order valence-corrected chi connectivity index (χ1v) is 7.07. The fraction of sp³-hybridized carbons (Fsp3) is 0.467. The van der Waals surface area contributed by atoms with Gasteiger partial charge in [0.15, 0.2) is 12.4 Å². The van der Waals surface area contributed by atoms with E-state index >= 15 is 0 Å². The van der Waals surface area contributed by atoms with Crippen LogP contribution < -0.4 is 15.8 Å². The van der Waals surface area contributed by atoms with Gasteiger partial charge in [0.25, 0.3) is 5.91 Å². The minimum atomic E-state index is -0.122. The van der Waals surface area contributed by atoms with Gasteiger partial charge < -0.3 is 21.0 Å². The van der Waals surface area contributed by atoms with E-state index in [9.17, 15) is 4.79 Å². The molecule has 0 aliphatic heterocycles. The number of carbonyl (C=O) groups is 1. The normalized spacial score (nSPS) is 16.3. The molecule has 0 bridgehead atoms. The highest BCUT2D eigenvalue weighted by Crippen LogP contribution is 2.35. The van der Waals surface area contributed by atoms with Gasteiger partial charge in [-0.1, -0.05) is 12.1 Å². The van der Waals surface area contributed by atoms with Gasteiger partial charge in [0.05, 0.1) is 0 Å². The predicted molar refractivity (Wildman–Crippen MR) is 79.3 cm³/mol. The lowest BCUT2D eigenvalue weighted by Crippen LogP contribution is -2.32. The summed E-state index contributed by atoms with van der Waals surface area (Å²) >= 11 is 0. The number of amides is 1. The highest BCUT2D eigenvalue weighted by atomic mass is 16.5. The highest BCUT2D eigenvalue weighted by Gasteiger charge is 2.27. The lowest BCUT2D eigenvalue weighted by molar-refractivity contribution is -0.123. The summed E-state index contributed by atoms with van der Waals surface area (Å²) in [5.41, 5.74) is 6.05. The van der Waals surface area contributed by atoms with E-state index in [-0.39, 0.29) is 18.3 Å². The first kappa shape index (κ1) is 15.2. The molecule has 0 aromatic heterocycles. The fourth-order valence-electron chi connectivity index (χ4n) is 2.09. The van der Waals surface area contributed by atoms with Gasteiger partial charge in [-0.15, -0.1) is 0 Å². The van der Waals surface area contributed by atoms with Crippen LogP contribution in [0.3, 0.4) is 0 Å². The molecule has 1 unspecified atom stereocenters. The van der Waals surface area contributed by atoms with E-state index in [0.29, 0.717) is 23.8 Å². The van der Waals surface area contributed by atoms with E-state index in [1.165, 1.54) is 12.8 Å². The predicted octanol–water partition coefficient (Wildman–Crippen LogP) is 1.32. The van der Waals surface area contributed by atoms with Crippen molar-refractivity contribution in [1.29, 1.82) is 0 Å². The number of nitrogens with two attached hydrogens (primary N) is 1. The van der Waals surface area contributed by atoms with Crippen molar-refractivity contribution in [3.05, 3.63) is 29.8 Å². The Morgan fingerprint density at radius 3 is 2.71 bits per heavy atom. The number of amidine groups is 1. The molecule has 1 amide bonds. The summed E-state index contributed by atoms with van der Waals surface area (Å²) in [5, 5.41) is 14.3. The van der Waals surface area contributed by atoms with Crippen molar-refractivity contribution < 1.29 is 14.7 Å². The fourth-order valence-corrected chi connectivity index (χ4v) is 2.09. The Morgan fingerprint density at radius 2 is 2.14 bits per heavy atom. The summed E-state index contributed by atoms with van der Waals surface area (Å²) in [6.45, 7) is 2.85. The van der Waals surface area contributed by atoms with Crippen molar-refractivity contribution in [2.75, 3.05) is 13.2 Å².